The molecule has 0 aromatic heterocycles. The van der Waals surface area contributed by atoms with E-state index in [4.69, 9.17) is 9.47 Å². The van der Waals surface area contributed by atoms with Gasteiger partial charge in [0.1, 0.15) is 6.54 Å². The normalized spacial score (nSPS) is 21.4. The molecule has 0 radical (unpaired) electrons. The zero-order valence-electron chi connectivity index (χ0n) is 16.3. The summed E-state index contributed by atoms with van der Waals surface area (Å²) in [6.07, 6.45) is 4.63. The van der Waals surface area contributed by atoms with Crippen LogP contribution in [-0.2, 0) is 9.59 Å². The molecular formula is C20H24N2O5S. The monoisotopic (exact) mass is 404 g/mol. The van der Waals surface area contributed by atoms with Crippen LogP contribution in [0.2, 0.25) is 0 Å². The highest BCUT2D eigenvalue weighted by Crippen LogP contribution is 2.34. The average molecular weight is 404 g/mol. The number of likely N-dealkylation sites (tertiary alicyclic amines) is 1. The number of ether oxygens (including phenoxy) is 2. The first-order valence-electron chi connectivity index (χ1n) is 9.21. The summed E-state index contributed by atoms with van der Waals surface area (Å²) < 4.78 is 10.5. The number of benzene rings is 1. The lowest BCUT2D eigenvalue weighted by Crippen LogP contribution is -2.47. The van der Waals surface area contributed by atoms with Gasteiger partial charge in [0, 0.05) is 12.6 Å². The number of hydrogen-bond donors (Lipinski definition) is 0. The first-order valence-corrected chi connectivity index (χ1v) is 10.0. The van der Waals surface area contributed by atoms with Crippen LogP contribution in [0.4, 0.5) is 4.79 Å². The van der Waals surface area contributed by atoms with E-state index in [2.05, 4.69) is 0 Å². The van der Waals surface area contributed by atoms with Gasteiger partial charge in [-0.2, -0.15) is 0 Å². The molecule has 2 aliphatic heterocycles. The van der Waals surface area contributed by atoms with Crippen LogP contribution < -0.4 is 9.47 Å². The van der Waals surface area contributed by atoms with Crippen molar-refractivity contribution < 1.29 is 23.9 Å². The van der Waals surface area contributed by atoms with Crippen LogP contribution in [0.15, 0.2) is 23.1 Å². The van der Waals surface area contributed by atoms with Crippen LogP contribution in [0.25, 0.3) is 6.08 Å². The SMILES string of the molecule is COc1ccc(/C=C2\SC(=O)N(CC(=O)N3CCCC[C@@H]3C)C2=O)cc1OC. The number of carbonyl (C=O) groups is 3. The molecule has 3 rings (SSSR count). The van der Waals surface area contributed by atoms with Gasteiger partial charge in [0.15, 0.2) is 11.5 Å². The zero-order valence-corrected chi connectivity index (χ0v) is 17.1. The second-order valence-corrected chi connectivity index (χ2v) is 7.81. The molecule has 0 N–H and O–H groups in total. The molecule has 0 unspecified atom stereocenters. The third-order valence-corrected chi connectivity index (χ3v) is 5.90. The molecule has 0 bridgehead atoms. The van der Waals surface area contributed by atoms with Crippen molar-refractivity contribution in [2.45, 2.75) is 32.2 Å². The molecule has 2 saturated heterocycles. The maximum absolute atomic E-state index is 12.7. The van der Waals surface area contributed by atoms with Crippen molar-refractivity contribution in [3.63, 3.8) is 0 Å². The molecule has 28 heavy (non-hydrogen) atoms. The molecule has 150 valence electrons. The molecule has 1 aromatic rings. The molecule has 0 saturated carbocycles. The van der Waals surface area contributed by atoms with Crippen LogP contribution in [0.1, 0.15) is 31.7 Å². The summed E-state index contributed by atoms with van der Waals surface area (Å²) >= 11 is 0.845. The predicted octanol–water partition coefficient (Wildman–Crippen LogP) is 3.14. The second-order valence-electron chi connectivity index (χ2n) is 6.81. The highest BCUT2D eigenvalue weighted by Gasteiger charge is 2.37. The Balaban J connectivity index is 1.74. The fraction of sp³-hybridized carbons (Fsp3) is 0.450. The maximum atomic E-state index is 12.7. The average Bonchev–Trinajstić information content (AvgIpc) is 2.95. The summed E-state index contributed by atoms with van der Waals surface area (Å²) in [7, 11) is 3.08. The Morgan fingerprint density at radius 1 is 1.21 bits per heavy atom. The zero-order chi connectivity index (χ0) is 20.3. The van der Waals surface area contributed by atoms with Gasteiger partial charge in [-0.15, -0.1) is 0 Å². The Hall–Kier alpha value is -2.48. The molecule has 3 amide bonds. The minimum Gasteiger partial charge on any atom is -0.493 e. The van der Waals surface area contributed by atoms with Crippen molar-refractivity contribution in [3.05, 3.63) is 28.7 Å². The molecule has 1 aromatic carbocycles. The van der Waals surface area contributed by atoms with Gasteiger partial charge in [0.2, 0.25) is 5.91 Å². The van der Waals surface area contributed by atoms with Crippen molar-refractivity contribution in [1.82, 2.24) is 9.80 Å². The number of carbonyl (C=O) groups excluding carboxylic acids is 3. The van der Waals surface area contributed by atoms with Gasteiger partial charge < -0.3 is 14.4 Å². The first kappa shape index (κ1) is 20.3. The number of thioether (sulfide) groups is 1. The van der Waals surface area contributed by atoms with E-state index < -0.39 is 11.1 Å². The van der Waals surface area contributed by atoms with E-state index in [1.54, 1.807) is 36.3 Å². The minimum atomic E-state index is -0.442. The van der Waals surface area contributed by atoms with Crippen LogP contribution in [-0.4, -0.2) is 60.2 Å². The summed E-state index contributed by atoms with van der Waals surface area (Å²) in [6, 6.07) is 5.38. The quantitative estimate of drug-likeness (QED) is 0.702. The number of imide groups is 1. The van der Waals surface area contributed by atoms with E-state index in [0.29, 0.717) is 23.6 Å². The molecule has 0 aliphatic carbocycles. The van der Waals surface area contributed by atoms with E-state index in [1.807, 2.05) is 6.92 Å². The number of methoxy groups -OCH3 is 2. The van der Waals surface area contributed by atoms with Gasteiger partial charge in [-0.05, 0) is 61.7 Å². The van der Waals surface area contributed by atoms with E-state index in [9.17, 15) is 14.4 Å². The second kappa shape index (κ2) is 8.68. The largest absolute Gasteiger partial charge is 0.493 e. The molecule has 2 aliphatic rings. The van der Waals surface area contributed by atoms with Gasteiger partial charge in [0.05, 0.1) is 19.1 Å². The topological polar surface area (TPSA) is 76.2 Å². The summed E-state index contributed by atoms with van der Waals surface area (Å²) in [5, 5.41) is -0.422. The van der Waals surface area contributed by atoms with Crippen molar-refractivity contribution >= 4 is 34.9 Å². The van der Waals surface area contributed by atoms with Gasteiger partial charge in [-0.25, -0.2) is 0 Å². The number of rotatable bonds is 5. The van der Waals surface area contributed by atoms with E-state index >= 15 is 0 Å². The highest BCUT2D eigenvalue weighted by atomic mass is 32.2. The van der Waals surface area contributed by atoms with Crippen molar-refractivity contribution in [2.24, 2.45) is 0 Å². The molecule has 2 fully saturated rings. The van der Waals surface area contributed by atoms with Crippen LogP contribution in [0.5, 0.6) is 11.5 Å². The fourth-order valence-corrected chi connectivity index (χ4v) is 4.26. The van der Waals surface area contributed by atoms with Crippen molar-refractivity contribution in [3.8, 4) is 11.5 Å². The Kier molecular flexibility index (Phi) is 6.28. The van der Waals surface area contributed by atoms with Crippen LogP contribution in [0, 0.1) is 0 Å². The number of hydrogen-bond acceptors (Lipinski definition) is 6. The summed E-state index contributed by atoms with van der Waals surface area (Å²) in [4.78, 5) is 40.7. The minimum absolute atomic E-state index is 0.142. The molecular weight excluding hydrogens is 380 g/mol. The number of piperidine rings is 1. The van der Waals surface area contributed by atoms with E-state index in [-0.39, 0.29) is 23.4 Å². The Morgan fingerprint density at radius 2 is 1.96 bits per heavy atom. The Morgan fingerprint density at radius 3 is 2.64 bits per heavy atom. The smallest absolute Gasteiger partial charge is 0.294 e. The van der Waals surface area contributed by atoms with Gasteiger partial charge in [-0.1, -0.05) is 6.07 Å². The molecule has 2 heterocycles. The van der Waals surface area contributed by atoms with E-state index in [1.165, 1.54) is 7.11 Å². The highest BCUT2D eigenvalue weighted by molar-refractivity contribution is 8.18. The molecule has 1 atom stereocenters. The fourth-order valence-electron chi connectivity index (χ4n) is 3.42. The number of nitrogens with zero attached hydrogens (tertiary/aromatic N) is 2. The number of amides is 3. The Labute approximate surface area is 168 Å². The van der Waals surface area contributed by atoms with Gasteiger partial charge in [0.25, 0.3) is 11.1 Å². The lowest BCUT2D eigenvalue weighted by Gasteiger charge is -2.34. The summed E-state index contributed by atoms with van der Waals surface area (Å²) in [5.74, 6) is 0.489. The van der Waals surface area contributed by atoms with Crippen LogP contribution >= 0.6 is 11.8 Å². The third kappa shape index (κ3) is 4.16. The predicted molar refractivity (Wildman–Crippen MR) is 107 cm³/mol. The lowest BCUT2D eigenvalue weighted by atomic mass is 10.0. The maximum Gasteiger partial charge on any atom is 0.294 e. The van der Waals surface area contributed by atoms with Gasteiger partial charge in [-0.3, -0.25) is 19.3 Å². The summed E-state index contributed by atoms with van der Waals surface area (Å²) in [5.41, 5.74) is 0.708. The third-order valence-electron chi connectivity index (χ3n) is 5.00. The molecule has 8 heteroatoms. The van der Waals surface area contributed by atoms with Crippen molar-refractivity contribution in [1.29, 1.82) is 0 Å². The molecule has 7 nitrogen and oxygen atoms in total. The summed E-state index contributed by atoms with van der Waals surface area (Å²) in [6.45, 7) is 2.47. The van der Waals surface area contributed by atoms with Crippen molar-refractivity contribution in [2.75, 3.05) is 27.3 Å². The standard InChI is InChI=1S/C20H24N2O5S/c1-13-6-4-5-9-21(13)18(23)12-22-19(24)17(28-20(22)25)11-14-7-8-15(26-2)16(10-14)27-3/h7-8,10-11,13H,4-6,9,12H2,1-3H3/b17-11-/t13-/m0/s1. The first-order chi connectivity index (χ1) is 13.4. The van der Waals surface area contributed by atoms with Crippen LogP contribution in [0.3, 0.4) is 0 Å². The van der Waals surface area contributed by atoms with Gasteiger partial charge >= 0.3 is 0 Å². The lowest BCUT2D eigenvalue weighted by molar-refractivity contribution is -0.138. The Bertz CT molecular complexity index is 823. The van der Waals surface area contributed by atoms with E-state index in [0.717, 1.165) is 35.9 Å². The molecule has 0 spiro atoms.